The Hall–Kier alpha value is -0.650. The summed E-state index contributed by atoms with van der Waals surface area (Å²) in [5, 5.41) is 9.93. The van der Waals surface area contributed by atoms with Crippen molar-refractivity contribution in [3.8, 4) is 0 Å². The van der Waals surface area contributed by atoms with Crippen molar-refractivity contribution in [2.24, 2.45) is 5.73 Å². The Labute approximate surface area is 89.2 Å². The van der Waals surface area contributed by atoms with Crippen LogP contribution in [0.2, 0.25) is 0 Å². The topological polar surface area (TPSA) is 75.8 Å². The van der Waals surface area contributed by atoms with E-state index in [1.165, 1.54) is 0 Å². The summed E-state index contributed by atoms with van der Waals surface area (Å²) in [5.41, 5.74) is 4.73. The third-order valence-corrected chi connectivity index (χ3v) is 3.34. The Kier molecular flexibility index (Phi) is 2.95. The van der Waals surface area contributed by atoms with Crippen molar-refractivity contribution in [1.29, 1.82) is 0 Å². The number of nitrogens with two attached hydrogens (primary N) is 1. The minimum atomic E-state index is -0.423. The molecule has 0 saturated carbocycles. The fourth-order valence-corrected chi connectivity index (χ4v) is 2.50. The van der Waals surface area contributed by atoms with Gasteiger partial charge in [-0.2, -0.15) is 0 Å². The molecule has 1 spiro atoms. The van der Waals surface area contributed by atoms with Gasteiger partial charge in [0, 0.05) is 32.7 Å². The average Bonchev–Trinajstić information content (AvgIpc) is 2.74. The summed E-state index contributed by atoms with van der Waals surface area (Å²) in [6.45, 7) is 2.67. The normalized spacial score (nSPS) is 36.5. The summed E-state index contributed by atoms with van der Waals surface area (Å²) < 4.78 is 5.64. The fourth-order valence-electron chi connectivity index (χ4n) is 2.50. The van der Waals surface area contributed by atoms with Crippen molar-refractivity contribution in [2.45, 2.75) is 31.0 Å². The molecule has 2 atom stereocenters. The Morgan fingerprint density at radius 1 is 1.67 bits per heavy atom. The van der Waals surface area contributed by atoms with Gasteiger partial charge in [-0.15, -0.1) is 0 Å². The highest BCUT2D eigenvalue weighted by molar-refractivity contribution is 5.73. The molecule has 86 valence electrons. The number of rotatable bonds is 3. The lowest BCUT2D eigenvalue weighted by atomic mass is 9.97. The average molecular weight is 214 g/mol. The maximum absolute atomic E-state index is 10.7. The molecule has 15 heavy (non-hydrogen) atoms. The van der Waals surface area contributed by atoms with Crippen molar-refractivity contribution in [3.63, 3.8) is 0 Å². The maximum atomic E-state index is 10.7. The van der Waals surface area contributed by atoms with Gasteiger partial charge in [0.1, 0.15) is 5.60 Å². The van der Waals surface area contributed by atoms with Crippen molar-refractivity contribution < 1.29 is 14.6 Å². The fraction of sp³-hybridized carbons (Fsp3) is 0.900. The lowest BCUT2D eigenvalue weighted by Crippen LogP contribution is -2.40. The van der Waals surface area contributed by atoms with Gasteiger partial charge in [0.25, 0.3) is 0 Å². The monoisotopic (exact) mass is 214 g/mol. The van der Waals surface area contributed by atoms with Crippen molar-refractivity contribution in [1.82, 2.24) is 4.90 Å². The molecule has 2 fully saturated rings. The van der Waals surface area contributed by atoms with Crippen LogP contribution in [0.15, 0.2) is 0 Å². The number of amides is 1. The van der Waals surface area contributed by atoms with Gasteiger partial charge in [0.2, 0.25) is 5.91 Å². The first-order valence-electron chi connectivity index (χ1n) is 5.45. The molecule has 1 amide bonds. The lowest BCUT2D eigenvalue weighted by Gasteiger charge is -2.25. The predicted molar refractivity (Wildman–Crippen MR) is 54.2 cm³/mol. The second-order valence-electron chi connectivity index (χ2n) is 4.48. The Morgan fingerprint density at radius 3 is 3.07 bits per heavy atom. The van der Waals surface area contributed by atoms with Gasteiger partial charge < -0.3 is 15.6 Å². The quantitative estimate of drug-likeness (QED) is 0.637. The zero-order chi connectivity index (χ0) is 10.9. The van der Waals surface area contributed by atoms with E-state index in [0.29, 0.717) is 19.5 Å². The molecule has 0 radical (unpaired) electrons. The molecule has 0 aliphatic carbocycles. The molecule has 0 aromatic heterocycles. The van der Waals surface area contributed by atoms with Crippen molar-refractivity contribution in [3.05, 3.63) is 0 Å². The number of β-amino-alcohol motifs (C(OH)–C–C–N with tert-alkyl or cyclic N) is 1. The number of carbonyl (C=O) groups excluding carboxylic acids is 1. The highest BCUT2D eigenvalue weighted by Crippen LogP contribution is 2.35. The van der Waals surface area contributed by atoms with E-state index in [1.807, 2.05) is 0 Å². The van der Waals surface area contributed by atoms with E-state index >= 15 is 0 Å². The van der Waals surface area contributed by atoms with Gasteiger partial charge in [0.15, 0.2) is 0 Å². The third kappa shape index (κ3) is 2.14. The molecule has 2 heterocycles. The lowest BCUT2D eigenvalue weighted by molar-refractivity contribution is -0.118. The molecule has 0 aromatic rings. The van der Waals surface area contributed by atoms with Gasteiger partial charge in [-0.25, -0.2) is 0 Å². The molecule has 0 aromatic carbocycles. The highest BCUT2D eigenvalue weighted by Gasteiger charge is 2.48. The summed E-state index contributed by atoms with van der Waals surface area (Å²) in [6.07, 6.45) is 1.86. The maximum Gasteiger partial charge on any atom is 0.218 e. The van der Waals surface area contributed by atoms with Crippen molar-refractivity contribution in [2.75, 3.05) is 26.2 Å². The first-order valence-corrected chi connectivity index (χ1v) is 5.45. The minimum absolute atomic E-state index is 0.294. The summed E-state index contributed by atoms with van der Waals surface area (Å²) in [4.78, 5) is 12.7. The van der Waals surface area contributed by atoms with E-state index in [2.05, 4.69) is 4.90 Å². The number of aliphatic hydroxyl groups excluding tert-OH is 1. The number of primary amides is 1. The molecule has 2 saturated heterocycles. The molecule has 2 aliphatic heterocycles. The van der Waals surface area contributed by atoms with Gasteiger partial charge in [-0.3, -0.25) is 9.69 Å². The van der Waals surface area contributed by atoms with Gasteiger partial charge in [-0.05, 0) is 12.8 Å². The Balaban J connectivity index is 1.89. The van der Waals surface area contributed by atoms with Crippen LogP contribution in [0.25, 0.3) is 0 Å². The second kappa shape index (κ2) is 4.08. The molecule has 5 heteroatoms. The van der Waals surface area contributed by atoms with E-state index in [0.717, 1.165) is 26.0 Å². The number of aliphatic hydroxyl groups is 1. The van der Waals surface area contributed by atoms with Gasteiger partial charge >= 0.3 is 0 Å². The van der Waals surface area contributed by atoms with E-state index in [1.54, 1.807) is 0 Å². The molecule has 3 N–H and O–H groups in total. The number of nitrogens with zero attached hydrogens (tertiary/aromatic N) is 1. The molecular weight excluding hydrogens is 196 g/mol. The summed E-state index contributed by atoms with van der Waals surface area (Å²) in [5.74, 6) is -0.294. The van der Waals surface area contributed by atoms with Crippen LogP contribution < -0.4 is 5.73 Å². The number of hydrogen-bond donors (Lipinski definition) is 2. The van der Waals surface area contributed by atoms with Crippen LogP contribution in [0.3, 0.4) is 0 Å². The van der Waals surface area contributed by atoms with Gasteiger partial charge in [0.05, 0.1) is 6.10 Å². The van der Waals surface area contributed by atoms with Crippen LogP contribution in [0.1, 0.15) is 19.3 Å². The Morgan fingerprint density at radius 2 is 2.47 bits per heavy atom. The van der Waals surface area contributed by atoms with Crippen LogP contribution in [-0.4, -0.2) is 53.9 Å². The predicted octanol–water partition coefficient (Wildman–Crippen LogP) is -0.912. The van der Waals surface area contributed by atoms with Crippen LogP contribution in [-0.2, 0) is 9.53 Å². The van der Waals surface area contributed by atoms with Crippen LogP contribution in [0, 0.1) is 0 Å². The standard InChI is InChI=1S/C10H18N2O3/c11-9(14)2-4-12-6-8(13)10(7-12)3-1-5-15-10/h8,13H,1-7H2,(H2,11,14)/t8-,10-/m0/s1. The molecule has 5 nitrogen and oxygen atoms in total. The van der Waals surface area contributed by atoms with Crippen LogP contribution in [0.4, 0.5) is 0 Å². The molecule has 2 rings (SSSR count). The van der Waals surface area contributed by atoms with Gasteiger partial charge in [-0.1, -0.05) is 0 Å². The molecular formula is C10H18N2O3. The zero-order valence-corrected chi connectivity index (χ0v) is 8.82. The second-order valence-corrected chi connectivity index (χ2v) is 4.48. The van der Waals surface area contributed by atoms with E-state index in [4.69, 9.17) is 10.5 Å². The van der Waals surface area contributed by atoms with E-state index < -0.39 is 6.10 Å². The Bertz CT molecular complexity index is 251. The third-order valence-electron chi connectivity index (χ3n) is 3.34. The largest absolute Gasteiger partial charge is 0.389 e. The summed E-state index contributed by atoms with van der Waals surface area (Å²) in [7, 11) is 0. The summed E-state index contributed by atoms with van der Waals surface area (Å²) >= 11 is 0. The smallest absolute Gasteiger partial charge is 0.218 e. The molecule has 0 unspecified atom stereocenters. The zero-order valence-electron chi connectivity index (χ0n) is 8.82. The number of likely N-dealkylation sites (tertiary alicyclic amines) is 1. The first kappa shape index (κ1) is 10.9. The highest BCUT2D eigenvalue weighted by atomic mass is 16.5. The van der Waals surface area contributed by atoms with E-state index in [9.17, 15) is 9.90 Å². The SMILES string of the molecule is NC(=O)CCN1C[C@H](O)[C@]2(CCCO2)C1. The number of carbonyl (C=O) groups is 1. The van der Waals surface area contributed by atoms with Crippen molar-refractivity contribution >= 4 is 5.91 Å². The van der Waals surface area contributed by atoms with Crippen LogP contribution >= 0.6 is 0 Å². The number of ether oxygens (including phenoxy) is 1. The summed E-state index contributed by atoms with van der Waals surface area (Å²) in [6, 6.07) is 0. The minimum Gasteiger partial charge on any atom is -0.389 e. The van der Waals surface area contributed by atoms with E-state index in [-0.39, 0.29) is 11.5 Å². The first-order chi connectivity index (χ1) is 7.12. The van der Waals surface area contributed by atoms with Crippen LogP contribution in [0.5, 0.6) is 0 Å². The number of hydrogen-bond acceptors (Lipinski definition) is 4. The molecule has 2 aliphatic rings. The molecule has 0 bridgehead atoms.